The van der Waals surface area contributed by atoms with Gasteiger partial charge >= 0.3 is 0 Å². The van der Waals surface area contributed by atoms with Gasteiger partial charge in [-0.05, 0) is 71.9 Å². The molecule has 1 heterocycles. The molecule has 1 saturated carbocycles. The number of hydrogen-bond acceptors (Lipinski definition) is 1. The summed E-state index contributed by atoms with van der Waals surface area (Å²) in [5.41, 5.74) is 5.29. The minimum Gasteiger partial charge on any atom is -0.353 e. The van der Waals surface area contributed by atoms with Crippen LogP contribution in [-0.2, 0) is 10.8 Å². The van der Waals surface area contributed by atoms with E-state index in [0.29, 0.717) is 5.78 Å². The van der Waals surface area contributed by atoms with E-state index in [1.54, 1.807) is 0 Å². The topological polar surface area (TPSA) is 32.9 Å². The maximum Gasteiger partial charge on any atom is 0.169 e. The molecule has 0 unspecified atom stereocenters. The Balaban J connectivity index is 1.86. The van der Waals surface area contributed by atoms with E-state index in [9.17, 15) is 4.79 Å². The molecule has 0 spiro atoms. The van der Waals surface area contributed by atoms with E-state index in [1.165, 1.54) is 16.5 Å². The number of carbonyl (C=O) groups is 1. The van der Waals surface area contributed by atoms with Gasteiger partial charge < -0.3 is 4.98 Å². The van der Waals surface area contributed by atoms with Crippen LogP contribution in [0.5, 0.6) is 0 Å². The number of Topliss-reactive ketones (excluding diaryl/α,β-unsaturated/α-hetero) is 1. The molecule has 0 saturated heterocycles. The van der Waals surface area contributed by atoms with Gasteiger partial charge in [-0.25, -0.2) is 0 Å². The van der Waals surface area contributed by atoms with Crippen molar-refractivity contribution in [1.29, 1.82) is 0 Å². The van der Waals surface area contributed by atoms with Crippen LogP contribution in [0.15, 0.2) is 24.3 Å². The molecule has 3 aromatic rings. The summed E-state index contributed by atoms with van der Waals surface area (Å²) < 4.78 is 0. The molecule has 1 N–H and O–H groups in total. The maximum absolute atomic E-state index is 13.4. The molecule has 6 rings (SSSR count). The molecule has 0 amide bonds. The summed E-state index contributed by atoms with van der Waals surface area (Å²) in [6.45, 7) is 11.1. The first-order valence-electron chi connectivity index (χ1n) is 10.4. The van der Waals surface area contributed by atoms with Crippen LogP contribution >= 0.6 is 11.6 Å². The Bertz CT molecular complexity index is 1150. The van der Waals surface area contributed by atoms with Crippen LogP contribution in [0.4, 0.5) is 0 Å². The Kier molecular flexibility index (Phi) is 3.53. The molecular formula is C25H28ClNO. The van der Waals surface area contributed by atoms with Gasteiger partial charge in [0, 0.05) is 27.3 Å². The largest absolute Gasteiger partial charge is 0.353 e. The highest BCUT2D eigenvalue weighted by Crippen LogP contribution is 2.54. The lowest BCUT2D eigenvalue weighted by Crippen LogP contribution is -2.33. The Morgan fingerprint density at radius 2 is 1.57 bits per heavy atom. The van der Waals surface area contributed by atoms with Gasteiger partial charge in [0.1, 0.15) is 0 Å². The molecule has 2 bridgehead atoms. The van der Waals surface area contributed by atoms with Crippen molar-refractivity contribution < 1.29 is 4.79 Å². The van der Waals surface area contributed by atoms with Crippen molar-refractivity contribution in [3.8, 4) is 0 Å². The highest BCUT2D eigenvalue weighted by molar-refractivity contribution is 6.36. The second-order valence-electron chi connectivity index (χ2n) is 10.6. The Morgan fingerprint density at radius 1 is 0.929 bits per heavy atom. The molecule has 2 aromatic carbocycles. The van der Waals surface area contributed by atoms with Crippen molar-refractivity contribution in [3.05, 3.63) is 46.0 Å². The van der Waals surface area contributed by atoms with E-state index in [0.717, 1.165) is 52.7 Å². The molecule has 3 heteroatoms. The molecular weight excluding hydrogens is 366 g/mol. The first-order valence-corrected chi connectivity index (χ1v) is 10.7. The third-order valence-corrected chi connectivity index (χ3v) is 7.86. The lowest BCUT2D eigenvalue weighted by molar-refractivity contribution is 0.0732. The van der Waals surface area contributed by atoms with Crippen molar-refractivity contribution in [2.75, 3.05) is 0 Å². The zero-order valence-electron chi connectivity index (χ0n) is 17.4. The van der Waals surface area contributed by atoms with Gasteiger partial charge in [-0.1, -0.05) is 46.2 Å². The first kappa shape index (κ1) is 18.2. The molecule has 3 aliphatic carbocycles. The van der Waals surface area contributed by atoms with Crippen molar-refractivity contribution in [2.24, 2.45) is 5.41 Å². The van der Waals surface area contributed by atoms with Crippen molar-refractivity contribution >= 4 is 39.2 Å². The zero-order valence-corrected chi connectivity index (χ0v) is 18.2. The Labute approximate surface area is 171 Å². The van der Waals surface area contributed by atoms with Crippen LogP contribution in [0, 0.1) is 5.41 Å². The van der Waals surface area contributed by atoms with E-state index in [-0.39, 0.29) is 16.2 Å². The predicted octanol–water partition coefficient (Wildman–Crippen LogP) is 7.31. The van der Waals surface area contributed by atoms with E-state index in [4.69, 9.17) is 11.6 Å². The number of aromatic nitrogens is 1. The number of aromatic amines is 1. The highest BCUT2D eigenvalue weighted by atomic mass is 35.5. The maximum atomic E-state index is 13.4. The summed E-state index contributed by atoms with van der Waals surface area (Å²) in [5.74, 6) is 0.325. The molecule has 1 fully saturated rings. The van der Waals surface area contributed by atoms with Crippen molar-refractivity contribution in [1.82, 2.24) is 4.98 Å². The molecule has 0 radical (unpaired) electrons. The van der Waals surface area contributed by atoms with Gasteiger partial charge in [0.15, 0.2) is 5.78 Å². The molecule has 1 aromatic heterocycles. The summed E-state index contributed by atoms with van der Waals surface area (Å²) in [6.07, 6.45) is 4.16. The summed E-state index contributed by atoms with van der Waals surface area (Å²) in [6, 6.07) is 8.74. The van der Waals surface area contributed by atoms with E-state index < -0.39 is 0 Å². The first-order chi connectivity index (χ1) is 13.0. The molecule has 146 valence electrons. The number of benzene rings is 2. The number of carbonyl (C=O) groups excluding carboxylic acids is 1. The highest BCUT2D eigenvalue weighted by Gasteiger charge is 2.48. The molecule has 3 aliphatic rings. The van der Waals surface area contributed by atoms with Gasteiger partial charge in [0.2, 0.25) is 0 Å². The van der Waals surface area contributed by atoms with Crippen LogP contribution in [0.25, 0.3) is 21.8 Å². The SMILES string of the molecule is CC12CCC(C)(CC1)c1cc3c(cc1C2=O)[nH]c1c(Cl)cc(C(C)(C)C)cc13. The van der Waals surface area contributed by atoms with Crippen LogP contribution in [0.3, 0.4) is 0 Å². The second-order valence-corrected chi connectivity index (χ2v) is 11.1. The average molecular weight is 394 g/mol. The van der Waals surface area contributed by atoms with Gasteiger partial charge in [0.25, 0.3) is 0 Å². The molecule has 0 atom stereocenters. The number of rotatable bonds is 0. The third-order valence-electron chi connectivity index (χ3n) is 7.56. The molecule has 2 nitrogen and oxygen atoms in total. The van der Waals surface area contributed by atoms with Crippen LogP contribution < -0.4 is 0 Å². The average Bonchev–Trinajstić information content (AvgIpc) is 2.94. The van der Waals surface area contributed by atoms with E-state index >= 15 is 0 Å². The van der Waals surface area contributed by atoms with E-state index in [2.05, 4.69) is 63.9 Å². The number of nitrogens with one attached hydrogen (secondary N) is 1. The minimum atomic E-state index is -0.207. The van der Waals surface area contributed by atoms with Gasteiger partial charge in [-0.2, -0.15) is 0 Å². The zero-order chi connectivity index (χ0) is 20.1. The predicted molar refractivity (Wildman–Crippen MR) is 118 cm³/mol. The lowest BCUT2D eigenvalue weighted by atomic mass is 9.65. The molecule has 28 heavy (non-hydrogen) atoms. The van der Waals surface area contributed by atoms with Gasteiger partial charge in [-0.15, -0.1) is 0 Å². The minimum absolute atomic E-state index is 0.0301. The quantitative estimate of drug-likeness (QED) is 0.426. The van der Waals surface area contributed by atoms with E-state index in [1.807, 2.05) is 0 Å². The summed E-state index contributed by atoms with van der Waals surface area (Å²) in [7, 11) is 0. The number of hydrogen-bond donors (Lipinski definition) is 1. The summed E-state index contributed by atoms with van der Waals surface area (Å²) in [5, 5.41) is 3.10. The fraction of sp³-hybridized carbons (Fsp3) is 0.480. The standard InChI is InChI=1S/C25H28ClNO/c1-23(2,3)14-10-16-15-12-18-17(13-20(15)27-21(16)19(26)11-14)22(28)25(5)8-6-24(18,4)7-9-25/h10-13,27H,6-9H2,1-5H3. The summed E-state index contributed by atoms with van der Waals surface area (Å²) in [4.78, 5) is 16.9. The lowest BCUT2D eigenvalue weighted by Gasteiger charge is -2.38. The number of ketones is 1. The van der Waals surface area contributed by atoms with Crippen LogP contribution in [-0.4, -0.2) is 10.8 Å². The number of fused-ring (bicyclic) bond motifs is 5. The Morgan fingerprint density at radius 3 is 2.21 bits per heavy atom. The van der Waals surface area contributed by atoms with Crippen molar-refractivity contribution in [2.45, 2.75) is 71.1 Å². The second kappa shape index (κ2) is 5.42. The van der Waals surface area contributed by atoms with Gasteiger partial charge in [0.05, 0.1) is 10.5 Å². The normalized spacial score (nSPS) is 27.4. The Hall–Kier alpha value is -1.80. The fourth-order valence-corrected chi connectivity index (χ4v) is 5.57. The molecule has 0 aliphatic heterocycles. The monoisotopic (exact) mass is 393 g/mol. The summed E-state index contributed by atoms with van der Waals surface area (Å²) >= 11 is 6.67. The third kappa shape index (κ3) is 2.37. The van der Waals surface area contributed by atoms with Crippen LogP contribution in [0.1, 0.15) is 81.8 Å². The smallest absolute Gasteiger partial charge is 0.169 e. The fourth-order valence-electron chi connectivity index (χ4n) is 5.30. The van der Waals surface area contributed by atoms with Crippen LogP contribution in [0.2, 0.25) is 5.02 Å². The number of H-pyrrole nitrogens is 1. The number of halogens is 1. The van der Waals surface area contributed by atoms with Gasteiger partial charge in [-0.3, -0.25) is 4.79 Å². The van der Waals surface area contributed by atoms with Crippen molar-refractivity contribution in [3.63, 3.8) is 0 Å².